The fourth-order valence-electron chi connectivity index (χ4n) is 3.70. The first-order valence-electron chi connectivity index (χ1n) is 9.13. The van der Waals surface area contributed by atoms with Gasteiger partial charge < -0.3 is 4.98 Å². The average Bonchev–Trinajstić information content (AvgIpc) is 3.13. The topological polar surface area (TPSA) is 49.0 Å². The van der Waals surface area contributed by atoms with Crippen LogP contribution in [0.4, 0.5) is 0 Å². The SMILES string of the molecule is O=c1[nH]c(CN2CCc3ccccc3C2)nc2sc(-c3ccccc3)cc12. The molecule has 3 heterocycles. The molecule has 1 aliphatic rings. The van der Waals surface area contributed by atoms with Gasteiger partial charge in [-0.3, -0.25) is 9.69 Å². The van der Waals surface area contributed by atoms with Crippen molar-refractivity contribution >= 4 is 21.6 Å². The summed E-state index contributed by atoms with van der Waals surface area (Å²) in [5.41, 5.74) is 3.87. The smallest absolute Gasteiger partial charge is 0.259 e. The van der Waals surface area contributed by atoms with Crippen LogP contribution in [0.1, 0.15) is 17.0 Å². The van der Waals surface area contributed by atoms with Crippen molar-refractivity contribution in [1.82, 2.24) is 14.9 Å². The lowest BCUT2D eigenvalue weighted by molar-refractivity contribution is 0.239. The van der Waals surface area contributed by atoms with E-state index in [4.69, 9.17) is 4.98 Å². The van der Waals surface area contributed by atoms with Gasteiger partial charge in [-0.15, -0.1) is 11.3 Å². The van der Waals surface area contributed by atoms with E-state index in [9.17, 15) is 4.79 Å². The van der Waals surface area contributed by atoms with Crippen LogP contribution >= 0.6 is 11.3 Å². The van der Waals surface area contributed by atoms with Crippen LogP contribution < -0.4 is 5.56 Å². The molecule has 0 bridgehead atoms. The van der Waals surface area contributed by atoms with E-state index in [1.54, 1.807) is 11.3 Å². The van der Waals surface area contributed by atoms with E-state index < -0.39 is 0 Å². The Bertz CT molecular complexity index is 1160. The van der Waals surface area contributed by atoms with Gasteiger partial charge in [-0.2, -0.15) is 0 Å². The van der Waals surface area contributed by atoms with E-state index in [0.717, 1.165) is 40.6 Å². The molecule has 134 valence electrons. The molecule has 2 aromatic heterocycles. The van der Waals surface area contributed by atoms with Crippen LogP contribution in [0.3, 0.4) is 0 Å². The monoisotopic (exact) mass is 373 g/mol. The van der Waals surface area contributed by atoms with E-state index in [1.165, 1.54) is 11.1 Å². The number of aromatic amines is 1. The van der Waals surface area contributed by atoms with Gasteiger partial charge in [-0.1, -0.05) is 54.6 Å². The number of aromatic nitrogens is 2. The molecule has 0 unspecified atom stereocenters. The van der Waals surface area contributed by atoms with Crippen molar-refractivity contribution in [3.8, 4) is 10.4 Å². The molecule has 27 heavy (non-hydrogen) atoms. The highest BCUT2D eigenvalue weighted by Gasteiger charge is 2.17. The lowest BCUT2D eigenvalue weighted by Crippen LogP contribution is -2.31. The molecule has 0 spiro atoms. The molecule has 0 amide bonds. The second-order valence-electron chi connectivity index (χ2n) is 6.94. The average molecular weight is 373 g/mol. The van der Waals surface area contributed by atoms with Crippen LogP contribution in [0.5, 0.6) is 0 Å². The number of hydrogen-bond acceptors (Lipinski definition) is 4. The molecule has 0 fully saturated rings. The molecule has 0 saturated carbocycles. The van der Waals surface area contributed by atoms with Crippen LogP contribution in [0.2, 0.25) is 0 Å². The second-order valence-corrected chi connectivity index (χ2v) is 7.97. The van der Waals surface area contributed by atoms with Gasteiger partial charge in [0.2, 0.25) is 0 Å². The van der Waals surface area contributed by atoms with Gasteiger partial charge in [0.25, 0.3) is 5.56 Å². The number of H-pyrrole nitrogens is 1. The summed E-state index contributed by atoms with van der Waals surface area (Å²) in [5.74, 6) is 0.744. The fourth-order valence-corrected chi connectivity index (χ4v) is 4.75. The number of nitrogens with zero attached hydrogens (tertiary/aromatic N) is 2. The molecule has 2 aromatic carbocycles. The van der Waals surface area contributed by atoms with Crippen molar-refractivity contribution in [1.29, 1.82) is 0 Å². The maximum atomic E-state index is 12.6. The van der Waals surface area contributed by atoms with Gasteiger partial charge >= 0.3 is 0 Å². The summed E-state index contributed by atoms with van der Waals surface area (Å²) >= 11 is 1.58. The first kappa shape index (κ1) is 16.4. The maximum Gasteiger partial charge on any atom is 0.259 e. The summed E-state index contributed by atoms with van der Waals surface area (Å²) < 4.78 is 0. The third kappa shape index (κ3) is 3.20. The second kappa shape index (κ2) is 6.76. The van der Waals surface area contributed by atoms with E-state index in [2.05, 4.69) is 46.3 Å². The maximum absolute atomic E-state index is 12.6. The standard InChI is InChI=1S/C22H19N3OS/c26-21-18-12-19(16-7-2-1-3-8-16)27-22(18)24-20(23-21)14-25-11-10-15-6-4-5-9-17(15)13-25/h1-9,12H,10-11,13-14H2,(H,23,24,26). The van der Waals surface area contributed by atoms with Crippen molar-refractivity contribution in [2.45, 2.75) is 19.5 Å². The molecule has 4 aromatic rings. The molecular weight excluding hydrogens is 354 g/mol. The predicted molar refractivity (Wildman–Crippen MR) is 110 cm³/mol. The van der Waals surface area contributed by atoms with E-state index in [-0.39, 0.29) is 5.56 Å². The minimum atomic E-state index is -0.0501. The fraction of sp³-hybridized carbons (Fsp3) is 0.182. The molecule has 5 heteroatoms. The Morgan fingerprint density at radius 3 is 2.67 bits per heavy atom. The summed E-state index contributed by atoms with van der Waals surface area (Å²) in [7, 11) is 0. The zero-order chi connectivity index (χ0) is 18.2. The Morgan fingerprint density at radius 1 is 1.04 bits per heavy atom. The van der Waals surface area contributed by atoms with E-state index in [0.29, 0.717) is 11.9 Å². The minimum absolute atomic E-state index is 0.0501. The van der Waals surface area contributed by atoms with Crippen LogP contribution in [-0.2, 0) is 19.5 Å². The normalized spacial score (nSPS) is 14.4. The summed E-state index contributed by atoms with van der Waals surface area (Å²) in [4.78, 5) is 24.5. The zero-order valence-electron chi connectivity index (χ0n) is 14.8. The number of thiophene rings is 1. The molecule has 4 nitrogen and oxygen atoms in total. The lowest BCUT2D eigenvalue weighted by Gasteiger charge is -2.28. The Morgan fingerprint density at radius 2 is 1.81 bits per heavy atom. The summed E-state index contributed by atoms with van der Waals surface area (Å²) in [5, 5.41) is 0.673. The minimum Gasteiger partial charge on any atom is -0.309 e. The summed E-state index contributed by atoms with van der Waals surface area (Å²) in [6, 6.07) is 20.7. The van der Waals surface area contributed by atoms with Crippen molar-refractivity contribution in [3.05, 3.63) is 88.0 Å². The number of fused-ring (bicyclic) bond motifs is 2. The van der Waals surface area contributed by atoms with Gasteiger partial charge in [0.05, 0.1) is 11.9 Å². The van der Waals surface area contributed by atoms with Crippen LogP contribution in [0, 0.1) is 0 Å². The van der Waals surface area contributed by atoms with Crippen molar-refractivity contribution in [2.75, 3.05) is 6.54 Å². The molecule has 5 rings (SSSR count). The lowest BCUT2D eigenvalue weighted by atomic mass is 10.00. The van der Waals surface area contributed by atoms with Gasteiger partial charge in [0, 0.05) is 18.0 Å². The molecule has 1 aliphatic heterocycles. The zero-order valence-corrected chi connectivity index (χ0v) is 15.6. The molecule has 0 saturated heterocycles. The summed E-state index contributed by atoms with van der Waals surface area (Å²) in [6.07, 6.45) is 1.04. The predicted octanol–water partition coefficient (Wildman–Crippen LogP) is 4.21. The quantitative estimate of drug-likeness (QED) is 0.585. The highest BCUT2D eigenvalue weighted by Crippen LogP contribution is 2.30. The number of benzene rings is 2. The molecule has 1 N–H and O–H groups in total. The Balaban J connectivity index is 1.44. The third-order valence-electron chi connectivity index (χ3n) is 5.09. The van der Waals surface area contributed by atoms with E-state index >= 15 is 0 Å². The Hall–Kier alpha value is -2.76. The van der Waals surface area contributed by atoms with Gasteiger partial charge in [-0.05, 0) is 29.2 Å². The summed E-state index contributed by atoms with van der Waals surface area (Å²) in [6.45, 7) is 2.55. The largest absolute Gasteiger partial charge is 0.309 e. The van der Waals surface area contributed by atoms with Crippen LogP contribution in [0.15, 0.2) is 65.5 Å². The van der Waals surface area contributed by atoms with Gasteiger partial charge in [-0.25, -0.2) is 4.98 Å². The molecule has 0 aliphatic carbocycles. The number of nitrogens with one attached hydrogen (secondary N) is 1. The van der Waals surface area contributed by atoms with Crippen LogP contribution in [0.25, 0.3) is 20.7 Å². The van der Waals surface area contributed by atoms with Crippen molar-refractivity contribution in [3.63, 3.8) is 0 Å². The van der Waals surface area contributed by atoms with Gasteiger partial charge in [0.1, 0.15) is 10.7 Å². The van der Waals surface area contributed by atoms with Gasteiger partial charge in [0.15, 0.2) is 0 Å². The third-order valence-corrected chi connectivity index (χ3v) is 6.17. The molecule has 0 radical (unpaired) electrons. The number of rotatable bonds is 3. The first-order chi connectivity index (χ1) is 13.3. The van der Waals surface area contributed by atoms with Crippen LogP contribution in [-0.4, -0.2) is 21.4 Å². The molecular formula is C22H19N3OS. The Labute approximate surface area is 161 Å². The molecule has 0 atom stereocenters. The Kier molecular flexibility index (Phi) is 4.11. The van der Waals surface area contributed by atoms with Crippen molar-refractivity contribution < 1.29 is 0 Å². The van der Waals surface area contributed by atoms with Crippen molar-refractivity contribution in [2.24, 2.45) is 0 Å². The highest BCUT2D eigenvalue weighted by atomic mass is 32.1. The highest BCUT2D eigenvalue weighted by molar-refractivity contribution is 7.21. The first-order valence-corrected chi connectivity index (χ1v) is 9.95. The number of hydrogen-bond donors (Lipinski definition) is 1. The van der Waals surface area contributed by atoms with E-state index in [1.807, 2.05) is 24.3 Å².